The molecule has 0 aromatic carbocycles. The molecule has 0 radical (unpaired) electrons. The molecule has 0 aliphatic rings. The number of anilines is 1. The van der Waals surface area contributed by atoms with Gasteiger partial charge in [-0.25, -0.2) is 14.8 Å². The maximum Gasteiger partial charge on any atom is 0.404 e. The Morgan fingerprint density at radius 2 is 2.40 bits per heavy atom. The first-order chi connectivity index (χ1) is 7.11. The fourth-order valence-electron chi connectivity index (χ4n) is 0.809. The number of carboxylic acid groups (broad SMARTS) is 1. The van der Waals surface area contributed by atoms with Crippen molar-refractivity contribution in [2.24, 2.45) is 0 Å². The number of aromatic nitrogens is 2. The second-order valence-electron chi connectivity index (χ2n) is 2.46. The summed E-state index contributed by atoms with van der Waals surface area (Å²) in [5, 5.41) is 10.5. The van der Waals surface area contributed by atoms with Crippen LogP contribution in [0.4, 0.5) is 10.6 Å². The summed E-state index contributed by atoms with van der Waals surface area (Å²) >= 11 is 5.68. The second-order valence-corrected chi connectivity index (χ2v) is 2.82. The van der Waals surface area contributed by atoms with Crippen molar-refractivity contribution >= 4 is 23.5 Å². The number of halogens is 1. The number of hydrogen-bond donors (Lipinski definition) is 3. The molecule has 0 unspecified atom stereocenters. The minimum absolute atomic E-state index is 0.0952. The maximum absolute atomic E-state index is 10.1. The fourth-order valence-corrected chi connectivity index (χ4v) is 1.00. The molecule has 1 rings (SSSR count). The highest BCUT2D eigenvalue weighted by Gasteiger charge is 2.08. The third-order valence-corrected chi connectivity index (χ3v) is 1.68. The van der Waals surface area contributed by atoms with Gasteiger partial charge in [0.15, 0.2) is 16.7 Å². The lowest BCUT2D eigenvalue weighted by Crippen LogP contribution is -2.26. The van der Waals surface area contributed by atoms with Gasteiger partial charge < -0.3 is 20.9 Å². The van der Waals surface area contributed by atoms with Crippen LogP contribution >= 0.6 is 11.6 Å². The highest BCUT2D eigenvalue weighted by molar-refractivity contribution is 6.31. The summed E-state index contributed by atoms with van der Waals surface area (Å²) in [7, 11) is 0. The van der Waals surface area contributed by atoms with Gasteiger partial charge in [-0.05, 0) is 0 Å². The van der Waals surface area contributed by atoms with E-state index < -0.39 is 6.09 Å². The number of nitrogens with two attached hydrogens (primary N) is 1. The van der Waals surface area contributed by atoms with Crippen LogP contribution in [0.1, 0.15) is 0 Å². The minimum Gasteiger partial charge on any atom is -0.485 e. The molecule has 1 amide bonds. The zero-order valence-corrected chi connectivity index (χ0v) is 8.36. The molecule has 0 saturated carbocycles. The average Bonchev–Trinajstić information content (AvgIpc) is 2.15. The molecule has 0 aliphatic carbocycles. The summed E-state index contributed by atoms with van der Waals surface area (Å²) in [5.74, 6) is 0.275. The molecule has 0 bridgehead atoms. The first-order valence-electron chi connectivity index (χ1n) is 3.97. The molecule has 15 heavy (non-hydrogen) atoms. The van der Waals surface area contributed by atoms with Crippen LogP contribution < -0.4 is 15.8 Å². The number of nitrogens with zero attached hydrogens (tertiary/aromatic N) is 2. The van der Waals surface area contributed by atoms with Gasteiger partial charge in [-0.1, -0.05) is 11.6 Å². The Balaban J connectivity index is 2.47. The molecule has 0 spiro atoms. The summed E-state index contributed by atoms with van der Waals surface area (Å²) in [6.07, 6.45) is 0.0852. The van der Waals surface area contributed by atoms with Gasteiger partial charge in [0.05, 0.1) is 6.54 Å². The van der Waals surface area contributed by atoms with E-state index in [0.717, 1.165) is 0 Å². The largest absolute Gasteiger partial charge is 0.485 e. The zero-order chi connectivity index (χ0) is 11.3. The summed E-state index contributed by atoms with van der Waals surface area (Å²) in [6.45, 7) is 0.226. The summed E-state index contributed by atoms with van der Waals surface area (Å²) in [6, 6.07) is 0. The molecule has 8 heteroatoms. The predicted molar refractivity (Wildman–Crippen MR) is 53.0 cm³/mol. The molecule has 0 saturated heterocycles. The summed E-state index contributed by atoms with van der Waals surface area (Å²) in [5.41, 5.74) is 5.47. The lowest BCUT2D eigenvalue weighted by molar-refractivity contribution is 0.191. The SMILES string of the molecule is Nc1ncnc(Cl)c1OCCNC(=O)O. The monoisotopic (exact) mass is 232 g/mol. The summed E-state index contributed by atoms with van der Waals surface area (Å²) in [4.78, 5) is 17.4. The van der Waals surface area contributed by atoms with Crippen LogP contribution in [0, 0.1) is 0 Å². The van der Waals surface area contributed by atoms with E-state index in [2.05, 4.69) is 15.3 Å². The van der Waals surface area contributed by atoms with Crippen LogP contribution in [0.2, 0.25) is 5.15 Å². The average molecular weight is 233 g/mol. The van der Waals surface area contributed by atoms with Gasteiger partial charge in [0.1, 0.15) is 12.9 Å². The van der Waals surface area contributed by atoms with Gasteiger partial charge in [0.2, 0.25) is 0 Å². The molecule has 82 valence electrons. The molecule has 1 aromatic heterocycles. The lowest BCUT2D eigenvalue weighted by atomic mass is 10.5. The molecule has 0 aliphatic heterocycles. The standard InChI is InChI=1S/C7H9ClN4O3/c8-5-4(6(9)12-3-11-5)15-2-1-10-7(13)14/h3,10H,1-2H2,(H,13,14)(H2,9,11,12). The van der Waals surface area contributed by atoms with E-state index >= 15 is 0 Å². The highest BCUT2D eigenvalue weighted by atomic mass is 35.5. The van der Waals surface area contributed by atoms with Gasteiger partial charge in [0.25, 0.3) is 0 Å². The number of nitrogens with one attached hydrogen (secondary N) is 1. The fraction of sp³-hybridized carbons (Fsp3) is 0.286. The molecule has 0 atom stereocenters. The van der Waals surface area contributed by atoms with Crippen LogP contribution in [-0.4, -0.2) is 34.3 Å². The Morgan fingerprint density at radius 3 is 3.00 bits per heavy atom. The molecule has 0 fully saturated rings. The van der Waals surface area contributed by atoms with E-state index in [1.54, 1.807) is 0 Å². The molecule has 1 heterocycles. The smallest absolute Gasteiger partial charge is 0.404 e. The van der Waals surface area contributed by atoms with E-state index in [-0.39, 0.29) is 29.9 Å². The third kappa shape index (κ3) is 3.47. The van der Waals surface area contributed by atoms with Crippen LogP contribution in [0.15, 0.2) is 6.33 Å². The molecule has 1 aromatic rings. The molecule has 7 nitrogen and oxygen atoms in total. The maximum atomic E-state index is 10.1. The Kier molecular flexibility index (Phi) is 3.92. The van der Waals surface area contributed by atoms with Crippen molar-refractivity contribution in [3.05, 3.63) is 11.5 Å². The third-order valence-electron chi connectivity index (χ3n) is 1.41. The van der Waals surface area contributed by atoms with Crippen molar-refractivity contribution in [1.82, 2.24) is 15.3 Å². The molecular weight excluding hydrogens is 224 g/mol. The minimum atomic E-state index is -1.12. The van der Waals surface area contributed by atoms with Crippen molar-refractivity contribution in [2.75, 3.05) is 18.9 Å². The van der Waals surface area contributed by atoms with Crippen molar-refractivity contribution < 1.29 is 14.6 Å². The number of nitrogen functional groups attached to an aromatic ring is 1. The van der Waals surface area contributed by atoms with Crippen molar-refractivity contribution in [1.29, 1.82) is 0 Å². The first kappa shape index (κ1) is 11.3. The Bertz CT molecular complexity index is 340. The van der Waals surface area contributed by atoms with Crippen molar-refractivity contribution in [3.8, 4) is 5.75 Å². The van der Waals surface area contributed by atoms with Crippen molar-refractivity contribution in [2.45, 2.75) is 0 Å². The van der Waals surface area contributed by atoms with Crippen LogP contribution in [0.25, 0.3) is 0 Å². The van der Waals surface area contributed by atoms with E-state index in [0.29, 0.717) is 0 Å². The van der Waals surface area contributed by atoms with E-state index in [1.807, 2.05) is 0 Å². The lowest BCUT2D eigenvalue weighted by Gasteiger charge is -2.08. The van der Waals surface area contributed by atoms with Gasteiger partial charge in [0, 0.05) is 0 Å². The Morgan fingerprint density at radius 1 is 1.67 bits per heavy atom. The van der Waals surface area contributed by atoms with Crippen LogP contribution in [-0.2, 0) is 0 Å². The van der Waals surface area contributed by atoms with E-state index in [9.17, 15) is 4.79 Å². The van der Waals surface area contributed by atoms with E-state index in [1.165, 1.54) is 6.33 Å². The second kappa shape index (κ2) is 5.20. The van der Waals surface area contributed by atoms with Gasteiger partial charge in [-0.2, -0.15) is 0 Å². The number of hydrogen-bond acceptors (Lipinski definition) is 5. The number of rotatable bonds is 4. The normalized spacial score (nSPS) is 9.67. The van der Waals surface area contributed by atoms with Gasteiger partial charge in [-0.15, -0.1) is 0 Å². The molecular formula is C7H9ClN4O3. The van der Waals surface area contributed by atoms with Crippen LogP contribution in [0.5, 0.6) is 5.75 Å². The number of amides is 1. The Labute approximate surface area is 90.2 Å². The highest BCUT2D eigenvalue weighted by Crippen LogP contribution is 2.25. The number of ether oxygens (including phenoxy) is 1. The van der Waals surface area contributed by atoms with Gasteiger partial charge in [-0.3, -0.25) is 0 Å². The first-order valence-corrected chi connectivity index (χ1v) is 4.34. The zero-order valence-electron chi connectivity index (χ0n) is 7.61. The predicted octanol–water partition coefficient (Wildman–Crippen LogP) is 0.359. The Hall–Kier alpha value is -1.76. The van der Waals surface area contributed by atoms with Gasteiger partial charge >= 0.3 is 6.09 Å². The molecule has 4 N–H and O–H groups in total. The number of carbonyl (C=O) groups is 1. The van der Waals surface area contributed by atoms with E-state index in [4.69, 9.17) is 27.2 Å². The van der Waals surface area contributed by atoms with Crippen LogP contribution in [0.3, 0.4) is 0 Å². The quantitative estimate of drug-likeness (QED) is 0.511. The van der Waals surface area contributed by atoms with Crippen molar-refractivity contribution in [3.63, 3.8) is 0 Å². The topological polar surface area (TPSA) is 110 Å². The summed E-state index contributed by atoms with van der Waals surface area (Å²) < 4.78 is 5.11.